The summed E-state index contributed by atoms with van der Waals surface area (Å²) in [5, 5.41) is 7.24. The van der Waals surface area contributed by atoms with Gasteiger partial charge in [-0.05, 0) is 35.8 Å². The quantitative estimate of drug-likeness (QED) is 0.830. The van der Waals surface area contributed by atoms with Crippen molar-refractivity contribution in [3.63, 3.8) is 0 Å². The van der Waals surface area contributed by atoms with Gasteiger partial charge in [-0.3, -0.25) is 14.3 Å². The van der Waals surface area contributed by atoms with Crippen LogP contribution in [0.2, 0.25) is 0 Å². The van der Waals surface area contributed by atoms with Gasteiger partial charge < -0.3 is 15.0 Å². The van der Waals surface area contributed by atoms with E-state index in [2.05, 4.69) is 31.3 Å². The van der Waals surface area contributed by atoms with Gasteiger partial charge in [0.2, 0.25) is 0 Å². The Bertz CT molecular complexity index is 842. The summed E-state index contributed by atoms with van der Waals surface area (Å²) in [6, 6.07) is 1.69. The van der Waals surface area contributed by atoms with E-state index in [-0.39, 0.29) is 30.2 Å². The highest BCUT2D eigenvalue weighted by Crippen LogP contribution is 2.31. The lowest BCUT2D eigenvalue weighted by molar-refractivity contribution is -0.00710. The Balaban J connectivity index is 1.83. The van der Waals surface area contributed by atoms with E-state index in [4.69, 9.17) is 4.74 Å². The first kappa shape index (κ1) is 16.9. The van der Waals surface area contributed by atoms with Gasteiger partial charge in [0.1, 0.15) is 5.69 Å². The Kier molecular flexibility index (Phi) is 4.60. The number of fused-ring (bicyclic) bond motifs is 1. The smallest absolute Gasteiger partial charge is 0.270 e. The van der Waals surface area contributed by atoms with Crippen LogP contribution >= 0.6 is 15.9 Å². The molecule has 8 heteroatoms. The number of aromatic nitrogens is 3. The van der Waals surface area contributed by atoms with E-state index in [9.17, 15) is 9.59 Å². The fraction of sp³-hybridized carbons (Fsp3) is 0.438. The van der Waals surface area contributed by atoms with Crippen LogP contribution in [-0.4, -0.2) is 26.8 Å². The van der Waals surface area contributed by atoms with Crippen LogP contribution < -0.4 is 10.9 Å². The molecule has 0 saturated heterocycles. The minimum absolute atomic E-state index is 0.0381. The Labute approximate surface area is 147 Å². The summed E-state index contributed by atoms with van der Waals surface area (Å²) in [6.45, 7) is 4.06. The number of carbonyl (C=O) groups excluding carboxylic acids is 1. The molecule has 2 N–H and O–H groups in total. The number of hydrogen-bond acceptors (Lipinski definition) is 4. The molecular weight excluding hydrogens is 376 g/mol. The molecule has 3 rings (SSSR count). The number of nitrogens with zero attached hydrogens (tertiary/aromatic N) is 2. The molecule has 24 heavy (non-hydrogen) atoms. The molecule has 0 saturated carbocycles. The van der Waals surface area contributed by atoms with Crippen LogP contribution in [0.5, 0.6) is 0 Å². The number of rotatable bonds is 3. The maximum Gasteiger partial charge on any atom is 0.270 e. The number of amides is 1. The van der Waals surface area contributed by atoms with Crippen LogP contribution in [0.15, 0.2) is 21.5 Å². The van der Waals surface area contributed by atoms with Crippen LogP contribution in [0.1, 0.15) is 47.3 Å². The number of aryl methyl sites for hydroxylation is 1. The van der Waals surface area contributed by atoms with Crippen molar-refractivity contribution in [3.05, 3.63) is 49.6 Å². The normalized spacial score (nSPS) is 19.8. The first-order chi connectivity index (χ1) is 11.4. The second kappa shape index (κ2) is 6.52. The van der Waals surface area contributed by atoms with E-state index in [1.807, 2.05) is 13.8 Å². The van der Waals surface area contributed by atoms with E-state index < -0.39 is 0 Å². The zero-order valence-electron chi connectivity index (χ0n) is 13.7. The highest BCUT2D eigenvalue weighted by Gasteiger charge is 2.31. The standard InChI is InChI=1S/C16H19BrN4O3/c1-8-4-12-13(9(2)24-8)20-21(3)14(12)16(23)18-6-10-5-11(17)7-19-15(10)22/h5,7-9H,4,6H2,1-3H3,(H,18,23)(H,19,22)/t8-,9+/m1/s1. The van der Waals surface area contributed by atoms with Gasteiger partial charge >= 0.3 is 0 Å². The van der Waals surface area contributed by atoms with E-state index in [0.717, 1.165) is 15.7 Å². The third-order valence-corrected chi connectivity index (χ3v) is 4.55. The van der Waals surface area contributed by atoms with Crippen LogP contribution in [0.4, 0.5) is 0 Å². The Morgan fingerprint density at radius 3 is 3.04 bits per heavy atom. The van der Waals surface area contributed by atoms with Gasteiger partial charge in [0.05, 0.1) is 17.9 Å². The molecular formula is C16H19BrN4O3. The lowest BCUT2D eigenvalue weighted by Gasteiger charge is -2.24. The summed E-state index contributed by atoms with van der Waals surface area (Å²) in [6.07, 6.45) is 2.11. The first-order valence-corrected chi connectivity index (χ1v) is 8.52. The zero-order valence-corrected chi connectivity index (χ0v) is 15.3. The topological polar surface area (TPSA) is 89.0 Å². The summed E-state index contributed by atoms with van der Waals surface area (Å²) in [5.74, 6) is -0.244. The maximum atomic E-state index is 12.6. The minimum atomic E-state index is -0.244. The minimum Gasteiger partial charge on any atom is -0.369 e. The van der Waals surface area contributed by atoms with Crippen molar-refractivity contribution in [1.29, 1.82) is 0 Å². The molecule has 0 aromatic carbocycles. The van der Waals surface area contributed by atoms with Gasteiger partial charge in [-0.2, -0.15) is 5.10 Å². The molecule has 1 aliphatic heterocycles. The van der Waals surface area contributed by atoms with Gasteiger partial charge in [-0.1, -0.05) is 0 Å². The largest absolute Gasteiger partial charge is 0.369 e. The predicted molar refractivity (Wildman–Crippen MR) is 91.8 cm³/mol. The number of aromatic amines is 1. The fourth-order valence-corrected chi connectivity index (χ4v) is 3.43. The summed E-state index contributed by atoms with van der Waals surface area (Å²) in [5.41, 5.74) is 2.52. The van der Waals surface area contributed by atoms with Crippen LogP contribution in [0.25, 0.3) is 0 Å². The first-order valence-electron chi connectivity index (χ1n) is 7.73. The Hall–Kier alpha value is -1.93. The molecule has 1 aliphatic rings. The molecule has 0 spiro atoms. The lowest BCUT2D eigenvalue weighted by atomic mass is 9.99. The second-order valence-electron chi connectivity index (χ2n) is 5.98. The number of halogens is 1. The maximum absolute atomic E-state index is 12.6. The number of H-pyrrole nitrogens is 1. The number of nitrogens with one attached hydrogen (secondary N) is 2. The van der Waals surface area contributed by atoms with Crippen LogP contribution in [0.3, 0.4) is 0 Å². The van der Waals surface area contributed by atoms with Gasteiger partial charge in [-0.15, -0.1) is 0 Å². The van der Waals surface area contributed by atoms with E-state index >= 15 is 0 Å². The highest BCUT2D eigenvalue weighted by molar-refractivity contribution is 9.10. The summed E-state index contributed by atoms with van der Waals surface area (Å²) in [4.78, 5) is 27.1. The van der Waals surface area contributed by atoms with E-state index in [0.29, 0.717) is 17.7 Å². The number of ether oxygens (including phenoxy) is 1. The summed E-state index contributed by atoms with van der Waals surface area (Å²) in [7, 11) is 1.75. The third-order valence-electron chi connectivity index (χ3n) is 4.09. The van der Waals surface area contributed by atoms with Gasteiger partial charge in [-0.25, -0.2) is 0 Å². The molecule has 0 bridgehead atoms. The van der Waals surface area contributed by atoms with Crippen molar-refractivity contribution in [2.24, 2.45) is 7.05 Å². The van der Waals surface area contributed by atoms with Crippen molar-refractivity contribution in [3.8, 4) is 0 Å². The van der Waals surface area contributed by atoms with E-state index in [1.165, 1.54) is 0 Å². The van der Waals surface area contributed by atoms with Crippen molar-refractivity contribution in [1.82, 2.24) is 20.1 Å². The molecule has 2 aromatic heterocycles. The lowest BCUT2D eigenvalue weighted by Crippen LogP contribution is -2.30. The molecule has 1 amide bonds. The van der Waals surface area contributed by atoms with Gasteiger partial charge in [0.25, 0.3) is 11.5 Å². The van der Waals surface area contributed by atoms with Gasteiger partial charge in [0, 0.05) is 41.8 Å². The second-order valence-corrected chi connectivity index (χ2v) is 6.90. The molecule has 2 aromatic rings. The third kappa shape index (κ3) is 3.16. The van der Waals surface area contributed by atoms with Crippen molar-refractivity contribution in [2.45, 2.75) is 39.0 Å². The molecule has 0 aliphatic carbocycles. The number of pyridine rings is 1. The molecule has 128 valence electrons. The van der Waals surface area contributed by atoms with E-state index in [1.54, 1.807) is 24.0 Å². The average Bonchev–Trinajstić information content (AvgIpc) is 2.84. The highest BCUT2D eigenvalue weighted by atomic mass is 79.9. The molecule has 7 nitrogen and oxygen atoms in total. The van der Waals surface area contributed by atoms with Crippen molar-refractivity contribution >= 4 is 21.8 Å². The predicted octanol–water partition coefficient (Wildman–Crippen LogP) is 1.82. The average molecular weight is 395 g/mol. The monoisotopic (exact) mass is 394 g/mol. The van der Waals surface area contributed by atoms with Gasteiger partial charge in [0.15, 0.2) is 0 Å². The zero-order chi connectivity index (χ0) is 17.4. The van der Waals surface area contributed by atoms with Crippen molar-refractivity contribution in [2.75, 3.05) is 0 Å². The molecule has 3 heterocycles. The van der Waals surface area contributed by atoms with Crippen LogP contribution in [0, 0.1) is 0 Å². The summed E-state index contributed by atoms with van der Waals surface area (Å²) >= 11 is 3.31. The molecule has 2 atom stereocenters. The number of hydrogen-bond donors (Lipinski definition) is 2. The van der Waals surface area contributed by atoms with Crippen LogP contribution in [-0.2, 0) is 24.8 Å². The molecule has 0 fully saturated rings. The Morgan fingerprint density at radius 1 is 1.54 bits per heavy atom. The van der Waals surface area contributed by atoms with Crippen molar-refractivity contribution < 1.29 is 9.53 Å². The Morgan fingerprint density at radius 2 is 2.29 bits per heavy atom. The SMILES string of the molecule is C[C@@H]1Cc2c(nn(C)c2C(=O)NCc2cc(Br)c[nH]c2=O)[C@H](C)O1. The molecule has 0 unspecified atom stereocenters. The number of carbonyl (C=O) groups is 1. The fourth-order valence-electron chi connectivity index (χ4n) is 3.04. The summed E-state index contributed by atoms with van der Waals surface area (Å²) < 4.78 is 8.10. The molecule has 0 radical (unpaired) electrons.